The number of nitrogens with zero attached hydrogens (tertiary/aromatic N) is 5. The third kappa shape index (κ3) is 9.42. The average molecular weight is 742 g/mol. The van der Waals surface area contributed by atoms with Crippen LogP contribution >= 0.6 is 0 Å². The largest absolute Gasteiger partial charge is 0.486 e. The van der Waals surface area contributed by atoms with Crippen LogP contribution in [0.15, 0.2) is 109 Å². The molecule has 0 saturated heterocycles. The lowest BCUT2D eigenvalue weighted by Gasteiger charge is -2.30. The van der Waals surface area contributed by atoms with E-state index in [1.54, 1.807) is 61.8 Å². The molecule has 1 aromatic heterocycles. The minimum Gasteiger partial charge on any atom is -0.486 e. The van der Waals surface area contributed by atoms with Crippen LogP contribution in [-0.2, 0) is 39.6 Å². The van der Waals surface area contributed by atoms with E-state index >= 15 is 0 Å². The van der Waals surface area contributed by atoms with Crippen LogP contribution in [0.5, 0.6) is 17.2 Å². The van der Waals surface area contributed by atoms with Crippen LogP contribution in [0.1, 0.15) is 27.8 Å². The molecule has 0 N–H and O–H groups in total. The van der Waals surface area contributed by atoms with Crippen molar-refractivity contribution in [1.82, 2.24) is 4.98 Å². The maximum absolute atomic E-state index is 12.6. The smallest absolute Gasteiger partial charge is 0.311 e. The molecule has 52 heavy (non-hydrogen) atoms. The van der Waals surface area contributed by atoms with E-state index in [0.717, 1.165) is 29.2 Å². The molecule has 0 bridgehead atoms. The standard InChI is InChI=1S/C37H35N5O8S2/c1-27-34(7-4-8-35(27)42(51(2,45)46)52(3,47)48)40(25-30-11-9-28(23-38)10-12-30)26-31-13-15-32(16-14-31)50-33-17-18-36(41(43)44)37(22-33)49-21-19-29-6-5-20-39-24-29/h4-18,20,22,24H,19,21,25-26H2,1-3H3. The van der Waals surface area contributed by atoms with Gasteiger partial charge in [0.2, 0.25) is 25.8 Å². The SMILES string of the molecule is Cc1c(N(Cc2ccc(C#N)cc2)Cc2ccc(Oc3ccc([N+](=O)[O-])c(OCCc4cccnc4)c3)cc2)cccc1N(S(C)(=O)=O)S(C)(=O)=O. The van der Waals surface area contributed by atoms with E-state index in [0.29, 0.717) is 51.5 Å². The lowest BCUT2D eigenvalue weighted by molar-refractivity contribution is -0.385. The molecule has 0 atom stereocenters. The Morgan fingerprint density at radius 1 is 0.808 bits per heavy atom. The molecule has 0 amide bonds. The van der Waals surface area contributed by atoms with Crippen LogP contribution in [0.4, 0.5) is 17.1 Å². The van der Waals surface area contributed by atoms with Crippen LogP contribution in [0.3, 0.4) is 0 Å². The number of nitro groups is 1. The fraction of sp³-hybridized carbons (Fsp3) is 0.189. The first-order valence-electron chi connectivity index (χ1n) is 15.8. The Morgan fingerprint density at radius 2 is 1.42 bits per heavy atom. The summed E-state index contributed by atoms with van der Waals surface area (Å²) in [4.78, 5) is 17.2. The van der Waals surface area contributed by atoms with Gasteiger partial charge in [-0.1, -0.05) is 36.4 Å². The predicted molar refractivity (Wildman–Crippen MR) is 197 cm³/mol. The number of anilines is 2. The van der Waals surface area contributed by atoms with E-state index in [1.807, 2.05) is 35.2 Å². The average Bonchev–Trinajstić information content (AvgIpc) is 3.09. The van der Waals surface area contributed by atoms with Gasteiger partial charge >= 0.3 is 5.69 Å². The minimum absolute atomic E-state index is 0.0135. The van der Waals surface area contributed by atoms with Gasteiger partial charge in [-0.3, -0.25) is 15.1 Å². The zero-order valence-corrected chi connectivity index (χ0v) is 30.2. The van der Waals surface area contributed by atoms with Gasteiger partial charge in [0.25, 0.3) is 0 Å². The van der Waals surface area contributed by atoms with Crippen molar-refractivity contribution in [3.8, 4) is 23.3 Å². The van der Waals surface area contributed by atoms with Gasteiger partial charge in [0.1, 0.15) is 11.5 Å². The Labute approximate surface area is 302 Å². The number of nitriles is 1. The van der Waals surface area contributed by atoms with Crippen LogP contribution in [0.25, 0.3) is 0 Å². The lowest BCUT2D eigenvalue weighted by atomic mass is 10.1. The number of rotatable bonds is 15. The fourth-order valence-corrected chi connectivity index (χ4v) is 8.63. The second-order valence-electron chi connectivity index (χ2n) is 11.9. The Hall–Kier alpha value is -5.98. The molecule has 0 aliphatic carbocycles. The Kier molecular flexibility index (Phi) is 11.4. The minimum atomic E-state index is -4.18. The number of sulfonamides is 2. The summed E-state index contributed by atoms with van der Waals surface area (Å²) < 4.78 is 62.8. The van der Waals surface area contributed by atoms with Crippen molar-refractivity contribution in [3.63, 3.8) is 0 Å². The zero-order valence-electron chi connectivity index (χ0n) is 28.5. The monoisotopic (exact) mass is 741 g/mol. The number of pyridine rings is 1. The third-order valence-corrected chi connectivity index (χ3v) is 11.1. The molecule has 4 aromatic carbocycles. The summed E-state index contributed by atoms with van der Waals surface area (Å²) in [5.41, 5.74) is 4.00. The van der Waals surface area contributed by atoms with Crippen molar-refractivity contribution in [2.45, 2.75) is 26.4 Å². The van der Waals surface area contributed by atoms with Gasteiger partial charge < -0.3 is 14.4 Å². The van der Waals surface area contributed by atoms with Gasteiger partial charge in [0.05, 0.1) is 41.4 Å². The van der Waals surface area contributed by atoms with Gasteiger partial charge in [-0.25, -0.2) is 16.8 Å². The number of hydrogen-bond donors (Lipinski definition) is 0. The van der Waals surface area contributed by atoms with Gasteiger partial charge in [-0.2, -0.15) is 8.97 Å². The lowest BCUT2D eigenvalue weighted by Crippen LogP contribution is -2.36. The molecule has 0 spiro atoms. The summed E-state index contributed by atoms with van der Waals surface area (Å²) >= 11 is 0. The third-order valence-electron chi connectivity index (χ3n) is 7.90. The van der Waals surface area contributed by atoms with Crippen LogP contribution in [0, 0.1) is 28.4 Å². The molecular formula is C37H35N5O8S2. The normalized spacial score (nSPS) is 11.3. The number of aromatic nitrogens is 1. The van der Waals surface area contributed by atoms with Crippen LogP contribution in [-0.4, -0.2) is 45.9 Å². The summed E-state index contributed by atoms with van der Waals surface area (Å²) in [6, 6.07) is 29.2. The quantitative estimate of drug-likeness (QED) is 0.0845. The molecule has 15 heteroatoms. The summed E-state index contributed by atoms with van der Waals surface area (Å²) in [6.07, 6.45) is 5.56. The Morgan fingerprint density at radius 3 is 2.00 bits per heavy atom. The molecule has 0 saturated carbocycles. The fourth-order valence-electron chi connectivity index (χ4n) is 5.56. The number of hydrogen-bond acceptors (Lipinski definition) is 11. The molecule has 268 valence electrons. The van der Waals surface area contributed by atoms with Crippen molar-refractivity contribution in [3.05, 3.63) is 147 Å². The summed E-state index contributed by atoms with van der Waals surface area (Å²) in [5.74, 6) is 0.878. The molecule has 0 unspecified atom stereocenters. The van der Waals surface area contributed by atoms with Crippen LogP contribution in [0.2, 0.25) is 0 Å². The first-order chi connectivity index (χ1) is 24.7. The van der Waals surface area contributed by atoms with Crippen LogP contribution < -0.4 is 18.1 Å². The van der Waals surface area contributed by atoms with Gasteiger partial charge in [0, 0.05) is 49.7 Å². The van der Waals surface area contributed by atoms with E-state index in [4.69, 9.17) is 9.47 Å². The maximum atomic E-state index is 12.6. The van der Waals surface area contributed by atoms with E-state index in [9.17, 15) is 32.2 Å². The number of ether oxygens (including phenoxy) is 2. The van der Waals surface area contributed by atoms with Crippen molar-refractivity contribution in [1.29, 1.82) is 5.26 Å². The van der Waals surface area contributed by atoms with Crippen molar-refractivity contribution >= 4 is 37.1 Å². The summed E-state index contributed by atoms with van der Waals surface area (Å²) in [5, 5.41) is 20.9. The summed E-state index contributed by atoms with van der Waals surface area (Å²) in [6.45, 7) is 2.54. The molecule has 0 aliphatic rings. The predicted octanol–water partition coefficient (Wildman–Crippen LogP) is 6.52. The van der Waals surface area contributed by atoms with Gasteiger partial charge in [-0.05, 0) is 77.7 Å². The maximum Gasteiger partial charge on any atom is 0.311 e. The van der Waals surface area contributed by atoms with Crippen molar-refractivity contribution in [2.75, 3.05) is 27.7 Å². The van der Waals surface area contributed by atoms with E-state index in [-0.39, 0.29) is 23.7 Å². The van der Waals surface area contributed by atoms with Gasteiger partial charge in [-0.15, -0.1) is 0 Å². The molecular weight excluding hydrogens is 707 g/mol. The first-order valence-corrected chi connectivity index (χ1v) is 19.5. The van der Waals surface area contributed by atoms with E-state index < -0.39 is 25.0 Å². The molecule has 1 heterocycles. The second-order valence-corrected chi connectivity index (χ2v) is 15.8. The molecule has 0 aliphatic heterocycles. The highest BCUT2D eigenvalue weighted by Crippen LogP contribution is 2.36. The van der Waals surface area contributed by atoms with Gasteiger partial charge in [0.15, 0.2) is 0 Å². The number of nitro benzene ring substituents is 1. The number of benzene rings is 4. The molecule has 0 fully saturated rings. The zero-order chi connectivity index (χ0) is 37.5. The molecule has 13 nitrogen and oxygen atoms in total. The van der Waals surface area contributed by atoms with Crippen molar-refractivity contribution in [2.24, 2.45) is 0 Å². The second kappa shape index (κ2) is 15.9. The van der Waals surface area contributed by atoms with E-state index in [2.05, 4.69) is 11.1 Å². The summed E-state index contributed by atoms with van der Waals surface area (Å²) in [7, 11) is -8.37. The molecule has 0 radical (unpaired) electrons. The highest BCUT2D eigenvalue weighted by Gasteiger charge is 2.30. The molecule has 5 rings (SSSR count). The Bertz CT molecular complexity index is 2280. The van der Waals surface area contributed by atoms with E-state index in [1.165, 1.54) is 24.3 Å². The molecule has 5 aromatic rings. The topological polar surface area (TPSA) is 173 Å². The Balaban J connectivity index is 1.40. The first kappa shape index (κ1) is 37.3. The highest BCUT2D eigenvalue weighted by atomic mass is 32.3. The van der Waals surface area contributed by atoms with Crippen molar-refractivity contribution < 1.29 is 31.2 Å². The highest BCUT2D eigenvalue weighted by molar-refractivity contribution is 8.09.